The molecule has 31 heavy (non-hydrogen) atoms. The molecule has 3 rings (SSSR count). The summed E-state index contributed by atoms with van der Waals surface area (Å²) in [6.45, 7) is 0.307. The van der Waals surface area contributed by atoms with E-state index >= 15 is 0 Å². The van der Waals surface area contributed by atoms with Gasteiger partial charge in [0.1, 0.15) is 16.7 Å². The molecular formula is C20H21Cl2N5O4. The minimum absolute atomic E-state index is 0.0237. The Morgan fingerprint density at radius 2 is 1.90 bits per heavy atom. The Balaban J connectivity index is 2.19. The molecule has 1 aromatic carbocycles. The summed E-state index contributed by atoms with van der Waals surface area (Å²) in [5.41, 5.74) is 5.47. The quantitative estimate of drug-likeness (QED) is 0.554. The lowest BCUT2D eigenvalue weighted by Gasteiger charge is -2.25. The molecule has 0 aliphatic heterocycles. The lowest BCUT2D eigenvalue weighted by molar-refractivity contribution is 0.0977. The van der Waals surface area contributed by atoms with Gasteiger partial charge in [-0.25, -0.2) is 4.79 Å². The topological polar surface area (TPSA) is 115 Å². The number of carbonyl (C=O) groups is 1. The zero-order chi connectivity index (χ0) is 22.7. The number of nitrogen functional groups attached to an aromatic ring is 1. The molecule has 0 saturated heterocycles. The van der Waals surface area contributed by atoms with Crippen LogP contribution >= 0.6 is 23.2 Å². The third kappa shape index (κ3) is 4.53. The van der Waals surface area contributed by atoms with Crippen molar-refractivity contribution in [1.82, 2.24) is 14.1 Å². The third-order valence-electron chi connectivity index (χ3n) is 4.77. The minimum Gasteiger partial charge on any atom is -0.383 e. The third-order valence-corrected chi connectivity index (χ3v) is 5.61. The fraction of sp³-hybridized carbons (Fsp3) is 0.250. The van der Waals surface area contributed by atoms with Crippen LogP contribution in [0.25, 0.3) is 0 Å². The molecule has 11 heteroatoms. The van der Waals surface area contributed by atoms with Gasteiger partial charge in [-0.15, -0.1) is 0 Å². The second-order valence-electron chi connectivity index (χ2n) is 6.74. The van der Waals surface area contributed by atoms with Gasteiger partial charge in [0.15, 0.2) is 5.69 Å². The molecule has 0 bridgehead atoms. The molecule has 0 radical (unpaired) electrons. The summed E-state index contributed by atoms with van der Waals surface area (Å²) < 4.78 is 7.57. The van der Waals surface area contributed by atoms with E-state index in [2.05, 4.69) is 4.98 Å². The van der Waals surface area contributed by atoms with E-state index in [0.717, 1.165) is 10.1 Å². The first-order valence-electron chi connectivity index (χ1n) is 9.24. The number of ether oxygens (including phenoxy) is 1. The van der Waals surface area contributed by atoms with E-state index in [0.29, 0.717) is 0 Å². The highest BCUT2D eigenvalue weighted by Crippen LogP contribution is 2.28. The van der Waals surface area contributed by atoms with Crippen LogP contribution in [0.2, 0.25) is 10.2 Å². The van der Waals surface area contributed by atoms with Crippen molar-refractivity contribution >= 4 is 40.6 Å². The maximum absolute atomic E-state index is 13.5. The average Bonchev–Trinajstić information content (AvgIpc) is 3.00. The monoisotopic (exact) mass is 465 g/mol. The number of H-pyrrole nitrogens is 1. The second-order valence-corrected chi connectivity index (χ2v) is 7.51. The summed E-state index contributed by atoms with van der Waals surface area (Å²) in [7, 11) is 3.05. The number of aromatic nitrogens is 3. The van der Waals surface area contributed by atoms with Gasteiger partial charge < -0.3 is 15.0 Å². The van der Waals surface area contributed by atoms with Crippen LogP contribution in [0.4, 0.5) is 11.5 Å². The molecule has 2 heterocycles. The van der Waals surface area contributed by atoms with E-state index in [-0.39, 0.29) is 47.1 Å². The maximum Gasteiger partial charge on any atom is 0.330 e. The fourth-order valence-electron chi connectivity index (χ4n) is 3.15. The van der Waals surface area contributed by atoms with Crippen molar-refractivity contribution in [3.05, 3.63) is 78.7 Å². The van der Waals surface area contributed by atoms with Gasteiger partial charge in [0, 0.05) is 14.2 Å². The van der Waals surface area contributed by atoms with Crippen molar-refractivity contribution in [2.45, 2.75) is 13.1 Å². The molecule has 0 saturated carbocycles. The van der Waals surface area contributed by atoms with E-state index in [1.54, 1.807) is 31.3 Å². The van der Waals surface area contributed by atoms with Crippen molar-refractivity contribution in [3.8, 4) is 0 Å². The number of hydrogen-bond acceptors (Lipinski definition) is 5. The number of nitrogens with one attached hydrogen (secondary N) is 1. The molecule has 3 aromatic rings. The van der Waals surface area contributed by atoms with Crippen molar-refractivity contribution in [3.63, 3.8) is 0 Å². The maximum atomic E-state index is 13.5. The number of halogens is 2. The van der Waals surface area contributed by atoms with Gasteiger partial charge in [0.25, 0.3) is 11.5 Å². The number of methoxy groups -OCH3 is 1. The van der Waals surface area contributed by atoms with E-state index in [1.807, 2.05) is 6.07 Å². The standard InChI is InChI=1S/C20H21Cl2N5O4/c1-25-14(10-13(21)16(25)22)19(29)27(11-12-6-4-3-5-7-12)15-17(23)26(8-9-31-2)20(30)24-18(15)28/h3-7,10H,8-9,11,23H2,1-2H3,(H,24,28,30). The van der Waals surface area contributed by atoms with Gasteiger partial charge in [0.2, 0.25) is 0 Å². The fourth-order valence-corrected chi connectivity index (χ4v) is 3.52. The molecule has 0 atom stereocenters. The predicted octanol–water partition coefficient (Wildman–Crippen LogP) is 2.26. The molecule has 0 aliphatic rings. The van der Waals surface area contributed by atoms with E-state index < -0.39 is 17.2 Å². The van der Waals surface area contributed by atoms with Crippen molar-refractivity contribution < 1.29 is 9.53 Å². The number of rotatable bonds is 7. The zero-order valence-electron chi connectivity index (χ0n) is 16.9. The molecule has 2 aromatic heterocycles. The number of nitrogens with zero attached hydrogens (tertiary/aromatic N) is 3. The summed E-state index contributed by atoms with van der Waals surface area (Å²) in [6, 6.07) is 10.5. The Labute approximate surface area is 187 Å². The zero-order valence-corrected chi connectivity index (χ0v) is 18.4. The SMILES string of the molecule is COCCn1c(N)c(N(Cc2ccccc2)C(=O)c2cc(Cl)c(Cl)n2C)c(=O)[nH]c1=O. The van der Waals surface area contributed by atoms with Crippen LogP contribution in [0.1, 0.15) is 16.1 Å². The van der Waals surface area contributed by atoms with Gasteiger partial charge in [-0.05, 0) is 11.6 Å². The Morgan fingerprint density at radius 3 is 2.48 bits per heavy atom. The number of anilines is 2. The molecule has 164 valence electrons. The summed E-state index contributed by atoms with van der Waals surface area (Å²) in [5, 5.41) is 0.371. The second kappa shape index (κ2) is 9.42. The van der Waals surface area contributed by atoms with Crippen LogP contribution in [0.3, 0.4) is 0 Å². The van der Waals surface area contributed by atoms with Crippen LogP contribution < -0.4 is 21.9 Å². The Kier molecular flexibility index (Phi) is 6.89. The summed E-state index contributed by atoms with van der Waals surface area (Å²) >= 11 is 12.2. The Bertz CT molecular complexity index is 1220. The lowest BCUT2D eigenvalue weighted by Crippen LogP contribution is -2.41. The number of benzene rings is 1. The summed E-state index contributed by atoms with van der Waals surface area (Å²) in [5.74, 6) is -0.712. The molecule has 3 N–H and O–H groups in total. The van der Waals surface area contributed by atoms with E-state index in [1.165, 1.54) is 22.6 Å². The minimum atomic E-state index is -0.785. The first-order chi connectivity index (χ1) is 14.8. The van der Waals surface area contributed by atoms with Crippen LogP contribution in [-0.4, -0.2) is 33.7 Å². The van der Waals surface area contributed by atoms with Crippen LogP contribution in [0.15, 0.2) is 46.0 Å². The van der Waals surface area contributed by atoms with Crippen molar-refractivity contribution in [2.24, 2.45) is 7.05 Å². The summed E-state index contributed by atoms with van der Waals surface area (Å²) in [4.78, 5) is 42.0. The van der Waals surface area contributed by atoms with E-state index in [9.17, 15) is 14.4 Å². The van der Waals surface area contributed by atoms with Gasteiger partial charge in [-0.2, -0.15) is 0 Å². The Morgan fingerprint density at radius 1 is 1.23 bits per heavy atom. The predicted molar refractivity (Wildman–Crippen MR) is 120 cm³/mol. The molecule has 1 amide bonds. The van der Waals surface area contributed by atoms with Gasteiger partial charge in [-0.1, -0.05) is 53.5 Å². The van der Waals surface area contributed by atoms with Crippen molar-refractivity contribution in [1.29, 1.82) is 0 Å². The molecule has 9 nitrogen and oxygen atoms in total. The molecule has 0 unspecified atom stereocenters. The van der Waals surface area contributed by atoms with Gasteiger partial charge in [0.05, 0.1) is 24.7 Å². The summed E-state index contributed by atoms with van der Waals surface area (Å²) in [6.07, 6.45) is 0. The van der Waals surface area contributed by atoms with Crippen molar-refractivity contribution in [2.75, 3.05) is 24.4 Å². The Hall–Kier alpha value is -3.01. The smallest absolute Gasteiger partial charge is 0.330 e. The molecule has 0 fully saturated rings. The number of amides is 1. The van der Waals surface area contributed by atoms with Gasteiger partial charge in [-0.3, -0.25) is 24.0 Å². The number of nitrogens with two attached hydrogens (primary N) is 1. The average molecular weight is 466 g/mol. The lowest BCUT2D eigenvalue weighted by atomic mass is 10.2. The number of aromatic amines is 1. The first-order valence-corrected chi connectivity index (χ1v) is 9.99. The highest BCUT2D eigenvalue weighted by Gasteiger charge is 2.28. The van der Waals surface area contributed by atoms with Crippen LogP contribution in [0, 0.1) is 0 Å². The van der Waals surface area contributed by atoms with Crippen LogP contribution in [0.5, 0.6) is 0 Å². The highest BCUT2D eigenvalue weighted by molar-refractivity contribution is 6.42. The van der Waals surface area contributed by atoms with Gasteiger partial charge >= 0.3 is 5.69 Å². The highest BCUT2D eigenvalue weighted by atomic mass is 35.5. The van der Waals surface area contributed by atoms with Crippen LogP contribution in [-0.2, 0) is 24.9 Å². The first kappa shape index (κ1) is 22.7. The largest absolute Gasteiger partial charge is 0.383 e. The molecular weight excluding hydrogens is 445 g/mol. The number of carbonyl (C=O) groups excluding carboxylic acids is 1. The molecule has 0 spiro atoms. The number of hydrogen-bond donors (Lipinski definition) is 2. The molecule has 0 aliphatic carbocycles. The van der Waals surface area contributed by atoms with E-state index in [4.69, 9.17) is 33.7 Å². The normalized spacial score (nSPS) is 11.0.